The molecular formula is C16H14F3N3O3. The molecule has 0 aromatic heterocycles. The van der Waals surface area contributed by atoms with Crippen molar-refractivity contribution in [1.82, 2.24) is 0 Å². The fourth-order valence-electron chi connectivity index (χ4n) is 1.95. The van der Waals surface area contributed by atoms with Gasteiger partial charge in [0.2, 0.25) is 0 Å². The minimum atomic E-state index is -4.66. The molecule has 0 heterocycles. The van der Waals surface area contributed by atoms with Gasteiger partial charge in [-0.2, -0.15) is 18.3 Å². The lowest BCUT2D eigenvalue weighted by atomic mass is 10.1. The van der Waals surface area contributed by atoms with Crippen LogP contribution in [0.2, 0.25) is 0 Å². The summed E-state index contributed by atoms with van der Waals surface area (Å²) in [4.78, 5) is 10.1. The van der Waals surface area contributed by atoms with Gasteiger partial charge in [0.05, 0.1) is 23.3 Å². The molecule has 0 saturated heterocycles. The Hall–Kier alpha value is -3.10. The van der Waals surface area contributed by atoms with Gasteiger partial charge in [0.15, 0.2) is 0 Å². The van der Waals surface area contributed by atoms with Gasteiger partial charge in [0.1, 0.15) is 11.4 Å². The number of ether oxygens (including phenoxy) is 1. The average molecular weight is 353 g/mol. The summed E-state index contributed by atoms with van der Waals surface area (Å²) in [7, 11) is 0. The molecule has 0 spiro atoms. The number of anilines is 1. The van der Waals surface area contributed by atoms with Gasteiger partial charge in [0.25, 0.3) is 5.69 Å². The number of nitrogens with zero attached hydrogens (tertiary/aromatic N) is 2. The number of hydrazone groups is 1. The van der Waals surface area contributed by atoms with E-state index >= 15 is 0 Å². The fourth-order valence-corrected chi connectivity index (χ4v) is 1.95. The second kappa shape index (κ2) is 7.65. The first-order valence-corrected chi connectivity index (χ1v) is 7.19. The highest BCUT2D eigenvalue weighted by molar-refractivity contribution is 5.80. The van der Waals surface area contributed by atoms with E-state index < -0.39 is 22.4 Å². The SMILES string of the molecule is CCOc1ccc(/C=N/Nc2ccc(C(F)(F)F)cc2[N+](=O)[O-])cc1. The van der Waals surface area contributed by atoms with E-state index in [0.717, 1.165) is 12.1 Å². The molecule has 2 aromatic rings. The van der Waals surface area contributed by atoms with E-state index in [2.05, 4.69) is 10.5 Å². The standard InChI is InChI=1S/C16H14F3N3O3/c1-2-25-13-6-3-11(4-7-13)10-20-21-14-8-5-12(16(17,18)19)9-15(14)22(23)24/h3-10,21H,2H2,1H3/b20-10+. The van der Waals surface area contributed by atoms with Crippen molar-refractivity contribution in [2.45, 2.75) is 13.1 Å². The maximum atomic E-state index is 12.6. The zero-order valence-electron chi connectivity index (χ0n) is 13.1. The molecule has 0 saturated carbocycles. The van der Waals surface area contributed by atoms with Gasteiger partial charge in [-0.05, 0) is 48.9 Å². The minimum Gasteiger partial charge on any atom is -0.494 e. The lowest BCUT2D eigenvalue weighted by molar-refractivity contribution is -0.384. The van der Waals surface area contributed by atoms with E-state index in [-0.39, 0.29) is 5.69 Å². The quantitative estimate of drug-likeness (QED) is 0.473. The van der Waals surface area contributed by atoms with Crippen molar-refractivity contribution in [2.75, 3.05) is 12.0 Å². The third-order valence-electron chi connectivity index (χ3n) is 3.11. The molecule has 1 N–H and O–H groups in total. The van der Waals surface area contributed by atoms with Crippen LogP contribution in [0.5, 0.6) is 5.75 Å². The summed E-state index contributed by atoms with van der Waals surface area (Å²) in [6, 6.07) is 9.08. The summed E-state index contributed by atoms with van der Waals surface area (Å²) >= 11 is 0. The number of benzene rings is 2. The molecule has 0 unspecified atom stereocenters. The van der Waals surface area contributed by atoms with Gasteiger partial charge in [-0.15, -0.1) is 0 Å². The van der Waals surface area contributed by atoms with Crippen LogP contribution in [-0.4, -0.2) is 17.7 Å². The number of hydrogen-bond donors (Lipinski definition) is 1. The molecule has 0 radical (unpaired) electrons. The molecule has 0 fully saturated rings. The smallest absolute Gasteiger partial charge is 0.416 e. The molecule has 2 aromatic carbocycles. The summed E-state index contributed by atoms with van der Waals surface area (Å²) in [5.41, 5.74) is 1.13. The second-order valence-electron chi connectivity index (χ2n) is 4.86. The Morgan fingerprint density at radius 1 is 1.24 bits per heavy atom. The second-order valence-corrected chi connectivity index (χ2v) is 4.86. The van der Waals surface area contributed by atoms with E-state index in [0.29, 0.717) is 24.0 Å². The van der Waals surface area contributed by atoms with Crippen molar-refractivity contribution in [3.63, 3.8) is 0 Å². The third kappa shape index (κ3) is 4.93. The molecule has 0 aliphatic rings. The zero-order chi connectivity index (χ0) is 18.4. The maximum absolute atomic E-state index is 12.6. The molecule has 6 nitrogen and oxygen atoms in total. The molecular weight excluding hydrogens is 339 g/mol. The van der Waals surface area contributed by atoms with Crippen LogP contribution in [0.3, 0.4) is 0 Å². The molecule has 9 heteroatoms. The Morgan fingerprint density at radius 3 is 2.48 bits per heavy atom. The number of nitro groups is 1. The van der Waals surface area contributed by atoms with Crippen LogP contribution in [0.15, 0.2) is 47.6 Å². The predicted molar refractivity (Wildman–Crippen MR) is 86.9 cm³/mol. The molecule has 0 atom stereocenters. The van der Waals surface area contributed by atoms with Gasteiger partial charge >= 0.3 is 6.18 Å². The van der Waals surface area contributed by atoms with Crippen molar-refractivity contribution >= 4 is 17.6 Å². The summed E-state index contributed by atoms with van der Waals surface area (Å²) in [5, 5.41) is 14.8. The number of nitrogens with one attached hydrogen (secondary N) is 1. The number of hydrogen-bond acceptors (Lipinski definition) is 5. The van der Waals surface area contributed by atoms with Gasteiger partial charge in [0, 0.05) is 6.07 Å². The Morgan fingerprint density at radius 2 is 1.92 bits per heavy atom. The van der Waals surface area contributed by atoms with Crippen LogP contribution in [0, 0.1) is 10.1 Å². The number of alkyl halides is 3. The molecule has 0 amide bonds. The van der Waals surface area contributed by atoms with Crippen LogP contribution in [0.1, 0.15) is 18.1 Å². The normalized spacial score (nSPS) is 11.5. The molecule has 2 rings (SSSR count). The monoisotopic (exact) mass is 353 g/mol. The molecule has 0 aliphatic heterocycles. The Kier molecular flexibility index (Phi) is 5.58. The van der Waals surface area contributed by atoms with Crippen molar-refractivity contribution in [2.24, 2.45) is 5.10 Å². The summed E-state index contributed by atoms with van der Waals surface area (Å²) in [5.74, 6) is 0.686. The van der Waals surface area contributed by atoms with E-state index in [4.69, 9.17) is 4.74 Å². The van der Waals surface area contributed by atoms with Crippen molar-refractivity contribution in [3.05, 3.63) is 63.7 Å². The molecule has 132 valence electrons. The van der Waals surface area contributed by atoms with E-state index in [9.17, 15) is 23.3 Å². The number of halogens is 3. The van der Waals surface area contributed by atoms with Crippen LogP contribution in [0.4, 0.5) is 24.5 Å². The number of nitro benzene ring substituents is 1. The highest BCUT2D eigenvalue weighted by Crippen LogP contribution is 2.34. The summed E-state index contributed by atoms with van der Waals surface area (Å²) in [6.07, 6.45) is -3.27. The first kappa shape index (κ1) is 18.2. The third-order valence-corrected chi connectivity index (χ3v) is 3.11. The highest BCUT2D eigenvalue weighted by atomic mass is 19.4. The lowest BCUT2D eigenvalue weighted by Crippen LogP contribution is -2.06. The van der Waals surface area contributed by atoms with Gasteiger partial charge in [-0.3, -0.25) is 15.5 Å². The van der Waals surface area contributed by atoms with Crippen molar-refractivity contribution < 1.29 is 22.8 Å². The molecule has 25 heavy (non-hydrogen) atoms. The lowest BCUT2D eigenvalue weighted by Gasteiger charge is -2.08. The minimum absolute atomic E-state index is 0.139. The average Bonchev–Trinajstić information content (AvgIpc) is 2.56. The van der Waals surface area contributed by atoms with E-state index in [1.165, 1.54) is 6.21 Å². The number of rotatable bonds is 6. The van der Waals surface area contributed by atoms with Gasteiger partial charge in [-0.25, -0.2) is 0 Å². The summed E-state index contributed by atoms with van der Waals surface area (Å²) < 4.78 is 43.2. The highest BCUT2D eigenvalue weighted by Gasteiger charge is 2.33. The van der Waals surface area contributed by atoms with E-state index in [1.54, 1.807) is 24.3 Å². The maximum Gasteiger partial charge on any atom is 0.416 e. The van der Waals surface area contributed by atoms with Crippen LogP contribution >= 0.6 is 0 Å². The first-order chi connectivity index (χ1) is 11.8. The van der Waals surface area contributed by atoms with Gasteiger partial charge < -0.3 is 4.74 Å². The zero-order valence-corrected chi connectivity index (χ0v) is 13.1. The van der Waals surface area contributed by atoms with E-state index in [1.807, 2.05) is 6.92 Å². The first-order valence-electron chi connectivity index (χ1n) is 7.19. The van der Waals surface area contributed by atoms with Crippen LogP contribution in [-0.2, 0) is 6.18 Å². The summed E-state index contributed by atoms with van der Waals surface area (Å²) in [6.45, 7) is 2.39. The Bertz CT molecular complexity index is 774. The van der Waals surface area contributed by atoms with Crippen molar-refractivity contribution in [3.8, 4) is 5.75 Å². The molecule has 0 aliphatic carbocycles. The topological polar surface area (TPSA) is 76.8 Å². The van der Waals surface area contributed by atoms with Gasteiger partial charge in [-0.1, -0.05) is 0 Å². The van der Waals surface area contributed by atoms with Crippen LogP contribution < -0.4 is 10.2 Å². The molecule has 0 bridgehead atoms. The Labute approximate surface area is 141 Å². The van der Waals surface area contributed by atoms with Crippen LogP contribution in [0.25, 0.3) is 0 Å². The Balaban J connectivity index is 2.15. The van der Waals surface area contributed by atoms with Crippen molar-refractivity contribution in [1.29, 1.82) is 0 Å². The fraction of sp³-hybridized carbons (Fsp3) is 0.188. The largest absolute Gasteiger partial charge is 0.494 e. The predicted octanol–water partition coefficient (Wildman–Crippen LogP) is 4.46.